The molecular weight excluding hydrogens is 809 g/mol. The van der Waals surface area contributed by atoms with Crippen molar-refractivity contribution in [3.8, 4) is 0 Å². The highest BCUT2D eigenvalue weighted by Crippen LogP contribution is 2.59. The van der Waals surface area contributed by atoms with Gasteiger partial charge in [-0.1, -0.05) is 0 Å². The van der Waals surface area contributed by atoms with Crippen molar-refractivity contribution in [2.75, 3.05) is 0 Å². The fraction of sp³-hybridized carbons (Fsp3) is 0.600. The van der Waals surface area contributed by atoms with Crippen molar-refractivity contribution in [1.82, 2.24) is 0 Å². The molecule has 0 unspecified atom stereocenters. The van der Waals surface area contributed by atoms with Gasteiger partial charge in [0.15, 0.2) is 23.3 Å². The average molecular weight is 810 g/mol. The first-order chi connectivity index (χ1) is 20.0. The Hall–Kier alpha value is -2.54. The maximum absolute atomic E-state index is 14.4. The smallest absolute Gasteiger partial charge is 0.221 e. The van der Waals surface area contributed by atoms with E-state index in [0.29, 0.717) is 0 Å². The number of rotatable bonds is 10. The quantitative estimate of drug-likeness (QED) is 0.122. The lowest BCUT2D eigenvalue weighted by molar-refractivity contribution is -0.382. The lowest BCUT2D eigenvalue weighted by atomic mass is 10.1. The number of benzene rings is 1. The molecule has 0 aromatic heterocycles. The van der Waals surface area contributed by atoms with Gasteiger partial charge in [0.05, 0.1) is 0 Å². The molecule has 276 valence electrons. The van der Waals surface area contributed by atoms with Crippen molar-refractivity contribution < 1.29 is 126 Å². The van der Waals surface area contributed by atoms with Crippen LogP contribution in [0.1, 0.15) is 0 Å². The maximum atomic E-state index is 14.4. The Morgan fingerprint density at radius 2 is 0.574 bits per heavy atom. The minimum Gasteiger partial charge on any atom is -0.221 e. The Kier molecular flexibility index (Phi) is 9.93. The Balaban J connectivity index is 4.71. The monoisotopic (exact) mass is 810 g/mol. The summed E-state index contributed by atoms with van der Waals surface area (Å²) in [4.78, 5) is -4.51. The van der Waals surface area contributed by atoms with Crippen LogP contribution in [0.25, 0.3) is 0 Å². The topological polar surface area (TPSA) is 102 Å². The molecule has 1 rings (SSSR count). The Morgan fingerprint density at radius 3 is 0.787 bits per heavy atom. The van der Waals surface area contributed by atoms with E-state index >= 15 is 0 Å². The van der Waals surface area contributed by atoms with Crippen LogP contribution in [0, 0.1) is 29.1 Å². The van der Waals surface area contributed by atoms with E-state index in [-0.39, 0.29) is 0 Å². The molecule has 0 radical (unpaired) electrons. The molecule has 0 N–H and O–H groups in total. The summed E-state index contributed by atoms with van der Waals surface area (Å²) in [5.74, 6) is -55.6. The third-order valence-corrected chi connectivity index (χ3v) is 14.1. The molecule has 0 bridgehead atoms. The van der Waals surface area contributed by atoms with Gasteiger partial charge in [-0.2, -0.15) is 79.0 Å². The van der Waals surface area contributed by atoms with Crippen molar-refractivity contribution in [2.45, 2.75) is 55.4 Å². The summed E-state index contributed by atoms with van der Waals surface area (Å²) in [5, 5.41) is -18.2. The zero-order chi connectivity index (χ0) is 38.5. The van der Waals surface area contributed by atoms with Gasteiger partial charge in [0.1, 0.15) is 4.90 Å². The first-order valence-corrected chi connectivity index (χ1v) is 14.3. The van der Waals surface area contributed by atoms with Crippen molar-refractivity contribution >= 4 is 29.5 Å². The van der Waals surface area contributed by atoms with Gasteiger partial charge in [-0.3, -0.25) is 0 Å². The van der Waals surface area contributed by atoms with Gasteiger partial charge in [0, 0.05) is 0 Å². The Labute approximate surface area is 240 Å². The second kappa shape index (κ2) is 11.0. The normalized spacial score (nSPS) is 15.8. The molecule has 0 fully saturated rings. The summed E-state index contributed by atoms with van der Waals surface area (Å²) in [6, 6.07) is 0. The van der Waals surface area contributed by atoms with E-state index in [9.17, 15) is 126 Å². The van der Waals surface area contributed by atoms with Gasteiger partial charge >= 0.3 is 46.6 Å². The molecular formula is C15HF23O6S3. The summed E-state index contributed by atoms with van der Waals surface area (Å²) in [7, 11) is -29.4. The number of halogens is 23. The van der Waals surface area contributed by atoms with Gasteiger partial charge in [-0.25, -0.2) is 47.2 Å². The molecule has 0 atom stereocenters. The van der Waals surface area contributed by atoms with Gasteiger partial charge in [0.25, 0.3) is 23.6 Å². The van der Waals surface area contributed by atoms with E-state index in [0.717, 1.165) is 0 Å². The second-order valence-electron chi connectivity index (χ2n) is 8.15. The summed E-state index contributed by atoms with van der Waals surface area (Å²) in [6.45, 7) is 0. The summed E-state index contributed by atoms with van der Waals surface area (Å²) in [5.41, 5.74) is 0. The molecule has 0 amide bonds. The second-order valence-corrected chi connectivity index (χ2v) is 15.2. The Bertz CT molecular complexity index is 1650. The molecule has 1 aromatic carbocycles. The van der Waals surface area contributed by atoms with Crippen LogP contribution in [0.5, 0.6) is 0 Å². The van der Waals surface area contributed by atoms with Crippen LogP contribution in [-0.4, -0.2) is 75.7 Å². The molecule has 6 nitrogen and oxygen atoms in total. The highest BCUT2D eigenvalue weighted by Gasteiger charge is 2.90. The van der Waals surface area contributed by atoms with E-state index in [1.165, 1.54) is 0 Å². The van der Waals surface area contributed by atoms with E-state index in [4.69, 9.17) is 0 Å². The lowest BCUT2D eigenvalue weighted by Crippen LogP contribution is -2.68. The molecule has 0 saturated heterocycles. The van der Waals surface area contributed by atoms with Gasteiger partial charge < -0.3 is 0 Å². The minimum absolute atomic E-state index is 3.68. The summed E-state index contributed by atoms with van der Waals surface area (Å²) >= 11 is 0. The summed E-state index contributed by atoms with van der Waals surface area (Å²) in [6.07, 6.45) is -16.5. The summed E-state index contributed by atoms with van der Waals surface area (Å²) < 4.78 is 374. The molecule has 0 heterocycles. The molecule has 47 heavy (non-hydrogen) atoms. The fourth-order valence-electron chi connectivity index (χ4n) is 2.75. The SMILES string of the molecule is O=S(=O)(c1c(F)c(F)c(F)c(F)c1F)C(S(=O)(=O)C(F)(F)C(F)(F)C(F)(F)C(F)(F)F)S(=O)(=O)C(F)(F)C(F)(F)C(F)(F)C(F)(F)F. The van der Waals surface area contributed by atoms with Gasteiger partial charge in [0.2, 0.25) is 15.7 Å². The zero-order valence-corrected chi connectivity index (χ0v) is 22.4. The molecule has 0 spiro atoms. The van der Waals surface area contributed by atoms with Crippen LogP contribution in [0.15, 0.2) is 4.90 Å². The van der Waals surface area contributed by atoms with Crippen molar-refractivity contribution in [3.05, 3.63) is 29.1 Å². The number of hydrogen-bond acceptors (Lipinski definition) is 6. The van der Waals surface area contributed by atoms with E-state index in [1.807, 2.05) is 0 Å². The first kappa shape index (κ1) is 42.5. The molecule has 0 aliphatic rings. The van der Waals surface area contributed by atoms with Gasteiger partial charge in [-0.15, -0.1) is 0 Å². The highest BCUT2D eigenvalue weighted by molar-refractivity contribution is 8.24. The highest BCUT2D eigenvalue weighted by atomic mass is 32.3. The van der Waals surface area contributed by atoms with Crippen LogP contribution in [0.3, 0.4) is 0 Å². The third-order valence-electron chi connectivity index (χ3n) is 5.16. The largest absolute Gasteiger partial charge is 0.460 e. The molecule has 1 aromatic rings. The van der Waals surface area contributed by atoms with Gasteiger partial charge in [-0.05, 0) is 0 Å². The zero-order valence-electron chi connectivity index (χ0n) is 19.9. The predicted octanol–water partition coefficient (Wildman–Crippen LogP) is 6.12. The van der Waals surface area contributed by atoms with Crippen LogP contribution in [-0.2, 0) is 29.5 Å². The Morgan fingerprint density at radius 1 is 0.362 bits per heavy atom. The van der Waals surface area contributed by atoms with E-state index in [1.54, 1.807) is 0 Å². The van der Waals surface area contributed by atoms with Crippen LogP contribution in [0.2, 0.25) is 0 Å². The predicted molar refractivity (Wildman–Crippen MR) is 96.8 cm³/mol. The molecule has 0 aliphatic carbocycles. The average Bonchev–Trinajstić information content (AvgIpc) is 2.83. The number of sulfone groups is 3. The van der Waals surface area contributed by atoms with Crippen molar-refractivity contribution in [3.63, 3.8) is 0 Å². The standard InChI is InChI=1S/C15HF23O6S3/c16-1-2(17)4(19)6(5(20)3(1)18)45(39,40)7(46(41,42)14(35,36)10(25,26)8(21,22)12(29,30)31)47(43,44)15(37,38)11(27,28)9(23,24)13(32,33)34/h7H. The van der Waals surface area contributed by atoms with Crippen molar-refractivity contribution in [2.24, 2.45) is 0 Å². The van der Waals surface area contributed by atoms with E-state index in [2.05, 4.69) is 0 Å². The maximum Gasteiger partial charge on any atom is 0.460 e. The molecule has 32 heteroatoms. The fourth-order valence-corrected chi connectivity index (χ4v) is 11.1. The van der Waals surface area contributed by atoms with Crippen LogP contribution in [0.4, 0.5) is 101 Å². The van der Waals surface area contributed by atoms with Crippen molar-refractivity contribution in [1.29, 1.82) is 0 Å². The number of hydrogen-bond donors (Lipinski definition) is 0. The van der Waals surface area contributed by atoms with Crippen LogP contribution >= 0.6 is 0 Å². The molecule has 0 saturated carbocycles. The number of alkyl halides is 18. The van der Waals surface area contributed by atoms with Crippen LogP contribution < -0.4 is 0 Å². The minimum atomic E-state index is -10.1. The lowest BCUT2D eigenvalue weighted by Gasteiger charge is -2.37. The molecule has 0 aliphatic heterocycles. The third kappa shape index (κ3) is 5.41. The first-order valence-electron chi connectivity index (χ1n) is 9.67. The van der Waals surface area contributed by atoms with E-state index < -0.39 is 114 Å².